The van der Waals surface area contributed by atoms with E-state index in [1.165, 1.54) is 11.3 Å². The second-order valence-electron chi connectivity index (χ2n) is 9.98. The van der Waals surface area contributed by atoms with Gasteiger partial charge in [0.2, 0.25) is 0 Å². The van der Waals surface area contributed by atoms with Gasteiger partial charge in [0.15, 0.2) is 0 Å². The van der Waals surface area contributed by atoms with E-state index in [-0.39, 0.29) is 12.0 Å². The molecule has 0 bridgehead atoms. The first kappa shape index (κ1) is 30.8. The third-order valence-electron chi connectivity index (χ3n) is 7.05. The molecular weight excluding hydrogens is 560 g/mol. The van der Waals surface area contributed by atoms with E-state index in [0.29, 0.717) is 55.2 Å². The van der Waals surface area contributed by atoms with Crippen LogP contribution in [0.3, 0.4) is 0 Å². The van der Waals surface area contributed by atoms with Crippen molar-refractivity contribution in [3.63, 3.8) is 0 Å². The quantitative estimate of drug-likeness (QED) is 0.307. The fourth-order valence-corrected chi connectivity index (χ4v) is 5.97. The average molecular weight is 595 g/mol. The Balaban J connectivity index is 1.60. The van der Waals surface area contributed by atoms with Crippen LogP contribution in [0.4, 0.5) is 23.4 Å². The Morgan fingerprint density at radius 2 is 1.76 bits per heavy atom. The molecule has 1 aromatic carbocycles. The van der Waals surface area contributed by atoms with Crippen molar-refractivity contribution in [2.24, 2.45) is 0 Å². The van der Waals surface area contributed by atoms with Gasteiger partial charge in [-0.05, 0) is 38.2 Å². The summed E-state index contributed by atoms with van der Waals surface area (Å²) < 4.78 is 54.7. The molecule has 222 valence electrons. The molecule has 0 amide bonds. The molecule has 3 heterocycles. The molecule has 1 fully saturated rings. The molecule has 0 unspecified atom stereocenters. The van der Waals surface area contributed by atoms with Gasteiger partial charge in [-0.3, -0.25) is 14.6 Å². The normalized spacial score (nSPS) is 14.7. The number of rotatable bonds is 11. The minimum Gasteiger partial charge on any atom is -0.481 e. The van der Waals surface area contributed by atoms with Gasteiger partial charge in [-0.2, -0.15) is 13.2 Å². The van der Waals surface area contributed by atoms with E-state index in [4.69, 9.17) is 10.1 Å². The molecule has 8 nitrogen and oxygen atoms in total. The number of alkyl halides is 3. The summed E-state index contributed by atoms with van der Waals surface area (Å²) in [5.74, 6) is -0.416. The lowest BCUT2D eigenvalue weighted by molar-refractivity contribution is -0.138. The van der Waals surface area contributed by atoms with Crippen molar-refractivity contribution in [3.8, 4) is 11.3 Å². The Morgan fingerprint density at radius 3 is 2.39 bits per heavy atom. The van der Waals surface area contributed by atoms with Gasteiger partial charge in [-0.1, -0.05) is 13.8 Å². The van der Waals surface area contributed by atoms with Gasteiger partial charge in [0.05, 0.1) is 28.4 Å². The maximum Gasteiger partial charge on any atom is 0.416 e. The molecule has 0 atom stereocenters. The SMILES string of the molecule is CCN(CC)Cc1sc(Cc2cc(N3CCN(CCC(=O)O)CC3)nc(C)n2)nc1-c1cc(F)cc(C(F)(F)F)c1. The van der Waals surface area contributed by atoms with Crippen LogP contribution in [0, 0.1) is 12.7 Å². The van der Waals surface area contributed by atoms with Crippen LogP contribution in [-0.2, 0) is 23.9 Å². The molecule has 3 aromatic rings. The maximum atomic E-state index is 14.3. The number of piperazine rings is 1. The second kappa shape index (κ2) is 13.2. The van der Waals surface area contributed by atoms with Gasteiger partial charge in [0.1, 0.15) is 17.5 Å². The van der Waals surface area contributed by atoms with E-state index >= 15 is 0 Å². The Kier molecular flexibility index (Phi) is 9.92. The molecule has 1 N–H and O–H groups in total. The van der Waals surface area contributed by atoms with E-state index in [2.05, 4.69) is 24.7 Å². The summed E-state index contributed by atoms with van der Waals surface area (Å²) in [5, 5.41) is 9.61. The highest BCUT2D eigenvalue weighted by molar-refractivity contribution is 7.12. The summed E-state index contributed by atoms with van der Waals surface area (Å²) in [4.78, 5) is 31.9. The predicted molar refractivity (Wildman–Crippen MR) is 150 cm³/mol. The van der Waals surface area contributed by atoms with Crippen molar-refractivity contribution in [2.45, 2.75) is 46.3 Å². The lowest BCUT2D eigenvalue weighted by atomic mass is 10.1. The van der Waals surface area contributed by atoms with Crippen LogP contribution in [0.1, 0.15) is 47.2 Å². The second-order valence-corrected chi connectivity index (χ2v) is 11.1. The van der Waals surface area contributed by atoms with Crippen LogP contribution in [-0.4, -0.2) is 81.6 Å². The zero-order valence-corrected chi connectivity index (χ0v) is 24.2. The number of benzene rings is 1. The standard InChI is InChI=1S/C28H34F4N6O2S/c1-4-36(5-2)17-23-27(19-12-20(28(30,31)32)14-21(29)13-19)35-25(41-23)16-22-15-24(34-18(3)33-22)38-10-8-37(9-11-38)7-6-26(39)40/h12-15H,4-11,16-17H2,1-3H3,(H,39,40). The Labute approximate surface area is 240 Å². The number of thiazole rings is 1. The number of aliphatic carboxylic acids is 1. The third kappa shape index (κ3) is 8.20. The van der Waals surface area contributed by atoms with Gasteiger partial charge in [-0.25, -0.2) is 19.3 Å². The van der Waals surface area contributed by atoms with Crippen molar-refractivity contribution in [1.82, 2.24) is 24.8 Å². The predicted octanol–water partition coefficient (Wildman–Crippen LogP) is 5.10. The zero-order valence-electron chi connectivity index (χ0n) is 23.3. The van der Waals surface area contributed by atoms with Gasteiger partial charge >= 0.3 is 12.1 Å². The molecule has 0 spiro atoms. The molecule has 1 aliphatic heterocycles. The summed E-state index contributed by atoms with van der Waals surface area (Å²) in [7, 11) is 0. The van der Waals surface area contributed by atoms with E-state index in [1.54, 1.807) is 6.92 Å². The first-order valence-corrected chi connectivity index (χ1v) is 14.4. The number of nitrogens with zero attached hydrogens (tertiary/aromatic N) is 6. The Hall–Kier alpha value is -3.16. The fourth-order valence-electron chi connectivity index (χ4n) is 4.82. The average Bonchev–Trinajstić information content (AvgIpc) is 3.31. The zero-order chi connectivity index (χ0) is 29.7. The Morgan fingerprint density at radius 1 is 1.05 bits per heavy atom. The third-order valence-corrected chi connectivity index (χ3v) is 8.09. The summed E-state index contributed by atoms with van der Waals surface area (Å²) in [5.41, 5.74) is 0.133. The highest BCUT2D eigenvalue weighted by Gasteiger charge is 2.32. The molecule has 1 saturated heterocycles. The Bertz CT molecular complexity index is 1350. The molecular formula is C28H34F4N6O2S. The van der Waals surface area contributed by atoms with Gasteiger partial charge in [-0.15, -0.1) is 11.3 Å². The first-order valence-electron chi connectivity index (χ1n) is 13.6. The van der Waals surface area contributed by atoms with E-state index in [0.717, 1.165) is 54.7 Å². The van der Waals surface area contributed by atoms with Crippen molar-refractivity contribution < 1.29 is 27.5 Å². The topological polar surface area (TPSA) is 85.7 Å². The maximum absolute atomic E-state index is 14.3. The van der Waals surface area contributed by atoms with E-state index in [1.807, 2.05) is 19.9 Å². The fraction of sp³-hybridized carbons (Fsp3) is 0.500. The number of carboxylic acids is 1. The minimum atomic E-state index is -4.68. The largest absolute Gasteiger partial charge is 0.481 e. The number of aromatic nitrogens is 3. The van der Waals surface area contributed by atoms with Crippen LogP contribution in [0.25, 0.3) is 11.3 Å². The summed E-state index contributed by atoms with van der Waals surface area (Å²) in [6.45, 7) is 11.2. The molecule has 41 heavy (non-hydrogen) atoms. The van der Waals surface area contributed by atoms with Gasteiger partial charge in [0, 0.05) is 62.2 Å². The van der Waals surface area contributed by atoms with Gasteiger partial charge in [0.25, 0.3) is 0 Å². The van der Waals surface area contributed by atoms with Gasteiger partial charge < -0.3 is 10.0 Å². The number of hydrogen-bond donors (Lipinski definition) is 1. The number of hydrogen-bond acceptors (Lipinski definition) is 8. The minimum absolute atomic E-state index is 0.0994. The summed E-state index contributed by atoms with van der Waals surface area (Å²) in [6.07, 6.45) is -4.21. The highest BCUT2D eigenvalue weighted by Crippen LogP contribution is 2.36. The molecule has 0 radical (unpaired) electrons. The van der Waals surface area contributed by atoms with Crippen molar-refractivity contribution in [3.05, 3.63) is 57.0 Å². The highest BCUT2D eigenvalue weighted by atomic mass is 32.1. The van der Waals surface area contributed by atoms with Crippen LogP contribution < -0.4 is 4.90 Å². The van der Waals surface area contributed by atoms with Crippen LogP contribution >= 0.6 is 11.3 Å². The first-order chi connectivity index (χ1) is 19.4. The molecule has 13 heteroatoms. The number of carbonyl (C=O) groups is 1. The number of aryl methyl sites for hydroxylation is 1. The molecule has 4 rings (SSSR count). The number of carboxylic acid groups (broad SMARTS) is 1. The van der Waals surface area contributed by atoms with E-state index < -0.39 is 23.5 Å². The number of anilines is 1. The van der Waals surface area contributed by atoms with E-state index in [9.17, 15) is 22.4 Å². The molecule has 0 saturated carbocycles. The van der Waals surface area contributed by atoms with Crippen LogP contribution in [0.5, 0.6) is 0 Å². The van der Waals surface area contributed by atoms with Crippen molar-refractivity contribution >= 4 is 23.1 Å². The van der Waals surface area contributed by atoms with Crippen LogP contribution in [0.2, 0.25) is 0 Å². The summed E-state index contributed by atoms with van der Waals surface area (Å²) in [6, 6.07) is 4.45. The van der Waals surface area contributed by atoms with Crippen molar-refractivity contribution in [2.75, 3.05) is 50.7 Å². The van der Waals surface area contributed by atoms with Crippen LogP contribution in [0.15, 0.2) is 24.3 Å². The molecule has 0 aliphatic carbocycles. The lowest BCUT2D eigenvalue weighted by Gasteiger charge is -2.35. The van der Waals surface area contributed by atoms with Crippen molar-refractivity contribution in [1.29, 1.82) is 0 Å². The lowest BCUT2D eigenvalue weighted by Crippen LogP contribution is -2.47. The summed E-state index contributed by atoms with van der Waals surface area (Å²) >= 11 is 1.40. The monoisotopic (exact) mass is 594 g/mol. The smallest absolute Gasteiger partial charge is 0.416 e. The number of halogens is 4. The molecule has 1 aliphatic rings. The molecule has 2 aromatic heterocycles.